The molecule has 1 fully saturated rings. The molecule has 0 spiro atoms. The van der Waals surface area contributed by atoms with Crippen LogP contribution in [0, 0.1) is 0 Å². The molecule has 1 aliphatic rings. The molecular formula is C16H24N4. The Bertz CT molecular complexity index is 569. The first-order valence-electron chi connectivity index (χ1n) is 7.61. The zero-order valence-electron chi connectivity index (χ0n) is 12.5. The molecule has 0 saturated carbocycles. The summed E-state index contributed by atoms with van der Waals surface area (Å²) in [6.45, 7) is 6.70. The number of aryl methyl sites for hydroxylation is 1. The molecule has 1 aromatic heterocycles. The van der Waals surface area contributed by atoms with Crippen LogP contribution in [0.5, 0.6) is 0 Å². The maximum Gasteiger partial charge on any atom is 0.123 e. The SMILES string of the molecule is CC(CNCc1nc2ccccc2n1C)N1CCCC1. The summed E-state index contributed by atoms with van der Waals surface area (Å²) in [6.07, 6.45) is 2.71. The van der Waals surface area contributed by atoms with Crippen molar-refractivity contribution >= 4 is 11.0 Å². The molecular weight excluding hydrogens is 248 g/mol. The smallest absolute Gasteiger partial charge is 0.123 e. The maximum absolute atomic E-state index is 4.69. The molecule has 0 radical (unpaired) electrons. The summed E-state index contributed by atoms with van der Waals surface area (Å²) >= 11 is 0. The maximum atomic E-state index is 4.69. The third-order valence-corrected chi connectivity index (χ3v) is 4.37. The van der Waals surface area contributed by atoms with Crippen LogP contribution in [0.25, 0.3) is 11.0 Å². The van der Waals surface area contributed by atoms with Gasteiger partial charge in [0.2, 0.25) is 0 Å². The van der Waals surface area contributed by atoms with E-state index in [1.807, 2.05) is 6.07 Å². The van der Waals surface area contributed by atoms with Gasteiger partial charge in [0.05, 0.1) is 17.6 Å². The number of nitrogens with one attached hydrogen (secondary N) is 1. The topological polar surface area (TPSA) is 33.1 Å². The van der Waals surface area contributed by atoms with Gasteiger partial charge in [-0.3, -0.25) is 4.90 Å². The zero-order valence-corrected chi connectivity index (χ0v) is 12.5. The van der Waals surface area contributed by atoms with E-state index in [1.54, 1.807) is 0 Å². The number of imidazole rings is 1. The number of hydrogen-bond acceptors (Lipinski definition) is 3. The van der Waals surface area contributed by atoms with Crippen molar-refractivity contribution in [2.24, 2.45) is 7.05 Å². The largest absolute Gasteiger partial charge is 0.330 e. The Labute approximate surface area is 120 Å². The third kappa shape index (κ3) is 2.72. The van der Waals surface area contributed by atoms with Crippen LogP contribution in [0.15, 0.2) is 24.3 Å². The highest BCUT2D eigenvalue weighted by Crippen LogP contribution is 2.14. The minimum atomic E-state index is 0.618. The molecule has 0 amide bonds. The molecule has 0 bridgehead atoms. The van der Waals surface area contributed by atoms with Gasteiger partial charge in [0.25, 0.3) is 0 Å². The molecule has 1 unspecified atom stereocenters. The van der Waals surface area contributed by atoms with E-state index in [1.165, 1.54) is 31.4 Å². The monoisotopic (exact) mass is 272 g/mol. The molecule has 1 aromatic carbocycles. The standard InChI is InChI=1S/C16H24N4/c1-13(20-9-5-6-10-20)11-17-12-16-18-14-7-3-4-8-15(14)19(16)2/h3-4,7-8,13,17H,5-6,9-12H2,1-2H3. The summed E-state index contributed by atoms with van der Waals surface area (Å²) in [6, 6.07) is 8.93. The van der Waals surface area contributed by atoms with E-state index in [4.69, 9.17) is 4.98 Å². The number of fused-ring (bicyclic) bond motifs is 1. The van der Waals surface area contributed by atoms with Crippen molar-refractivity contribution in [1.29, 1.82) is 0 Å². The fourth-order valence-corrected chi connectivity index (χ4v) is 3.06. The Morgan fingerprint density at radius 1 is 1.25 bits per heavy atom. The summed E-state index contributed by atoms with van der Waals surface area (Å²) in [5, 5.41) is 3.56. The number of rotatable bonds is 5. The second-order valence-corrected chi connectivity index (χ2v) is 5.80. The van der Waals surface area contributed by atoms with Gasteiger partial charge in [-0.2, -0.15) is 0 Å². The fraction of sp³-hybridized carbons (Fsp3) is 0.562. The second-order valence-electron chi connectivity index (χ2n) is 5.80. The average molecular weight is 272 g/mol. The Balaban J connectivity index is 1.58. The Morgan fingerprint density at radius 3 is 2.75 bits per heavy atom. The van der Waals surface area contributed by atoms with E-state index in [2.05, 4.69) is 47.0 Å². The second kappa shape index (κ2) is 5.94. The van der Waals surface area contributed by atoms with Gasteiger partial charge in [-0.15, -0.1) is 0 Å². The minimum absolute atomic E-state index is 0.618. The lowest BCUT2D eigenvalue weighted by Gasteiger charge is -2.23. The van der Waals surface area contributed by atoms with Crippen LogP contribution in [0.1, 0.15) is 25.6 Å². The van der Waals surface area contributed by atoms with E-state index < -0.39 is 0 Å². The van der Waals surface area contributed by atoms with Gasteiger partial charge in [-0.1, -0.05) is 12.1 Å². The van der Waals surface area contributed by atoms with E-state index in [-0.39, 0.29) is 0 Å². The van der Waals surface area contributed by atoms with Crippen LogP contribution in [0.2, 0.25) is 0 Å². The number of hydrogen-bond donors (Lipinski definition) is 1. The molecule has 20 heavy (non-hydrogen) atoms. The van der Waals surface area contributed by atoms with E-state index in [9.17, 15) is 0 Å². The quantitative estimate of drug-likeness (QED) is 0.905. The molecule has 1 saturated heterocycles. The highest BCUT2D eigenvalue weighted by molar-refractivity contribution is 5.75. The molecule has 0 aliphatic carbocycles. The van der Waals surface area contributed by atoms with Gasteiger partial charge >= 0.3 is 0 Å². The van der Waals surface area contributed by atoms with Crippen molar-refractivity contribution in [2.75, 3.05) is 19.6 Å². The molecule has 1 aliphatic heterocycles. The third-order valence-electron chi connectivity index (χ3n) is 4.37. The molecule has 1 N–H and O–H groups in total. The minimum Gasteiger partial charge on any atom is -0.330 e. The molecule has 2 aromatic rings. The van der Waals surface area contributed by atoms with Crippen molar-refractivity contribution in [3.8, 4) is 0 Å². The Hall–Kier alpha value is -1.39. The van der Waals surface area contributed by atoms with Gasteiger partial charge in [-0.05, 0) is 45.0 Å². The fourth-order valence-electron chi connectivity index (χ4n) is 3.06. The zero-order chi connectivity index (χ0) is 13.9. The van der Waals surface area contributed by atoms with Crippen LogP contribution >= 0.6 is 0 Å². The van der Waals surface area contributed by atoms with Crippen molar-refractivity contribution < 1.29 is 0 Å². The van der Waals surface area contributed by atoms with E-state index >= 15 is 0 Å². The summed E-state index contributed by atoms with van der Waals surface area (Å²) in [7, 11) is 2.09. The molecule has 2 heterocycles. The van der Waals surface area contributed by atoms with Crippen molar-refractivity contribution in [3.05, 3.63) is 30.1 Å². The summed E-state index contributed by atoms with van der Waals surface area (Å²) in [5.74, 6) is 1.11. The van der Waals surface area contributed by atoms with Crippen LogP contribution in [0.3, 0.4) is 0 Å². The highest BCUT2D eigenvalue weighted by atomic mass is 15.2. The molecule has 1 atom stereocenters. The predicted octanol–water partition coefficient (Wildman–Crippen LogP) is 2.15. The normalized spacial score (nSPS) is 17.9. The van der Waals surface area contributed by atoms with Gasteiger partial charge in [-0.25, -0.2) is 4.98 Å². The van der Waals surface area contributed by atoms with Crippen molar-refractivity contribution in [1.82, 2.24) is 19.8 Å². The highest BCUT2D eigenvalue weighted by Gasteiger charge is 2.17. The van der Waals surface area contributed by atoms with Gasteiger partial charge in [0.1, 0.15) is 5.82 Å². The lowest BCUT2D eigenvalue weighted by Crippen LogP contribution is -2.38. The van der Waals surface area contributed by atoms with Gasteiger partial charge < -0.3 is 9.88 Å². The van der Waals surface area contributed by atoms with Crippen molar-refractivity contribution in [2.45, 2.75) is 32.4 Å². The number of para-hydroxylation sites is 2. The number of likely N-dealkylation sites (tertiary alicyclic amines) is 1. The van der Waals surface area contributed by atoms with E-state index in [0.29, 0.717) is 6.04 Å². The Kier molecular flexibility index (Phi) is 4.03. The van der Waals surface area contributed by atoms with E-state index in [0.717, 1.165) is 24.4 Å². The number of nitrogens with zero attached hydrogens (tertiary/aromatic N) is 3. The molecule has 4 nitrogen and oxygen atoms in total. The summed E-state index contributed by atoms with van der Waals surface area (Å²) < 4.78 is 2.18. The summed E-state index contributed by atoms with van der Waals surface area (Å²) in [4.78, 5) is 7.26. The predicted molar refractivity (Wildman–Crippen MR) is 82.7 cm³/mol. The van der Waals surface area contributed by atoms with Crippen molar-refractivity contribution in [3.63, 3.8) is 0 Å². The van der Waals surface area contributed by atoms with Gasteiger partial charge in [0, 0.05) is 19.6 Å². The van der Waals surface area contributed by atoms with Crippen LogP contribution in [-0.4, -0.2) is 40.1 Å². The molecule has 108 valence electrons. The van der Waals surface area contributed by atoms with Gasteiger partial charge in [0.15, 0.2) is 0 Å². The first-order chi connectivity index (χ1) is 9.75. The Morgan fingerprint density at radius 2 is 2.00 bits per heavy atom. The van der Waals surface area contributed by atoms with Crippen LogP contribution in [0.4, 0.5) is 0 Å². The van der Waals surface area contributed by atoms with Crippen LogP contribution < -0.4 is 5.32 Å². The van der Waals surface area contributed by atoms with Crippen LogP contribution in [-0.2, 0) is 13.6 Å². The first-order valence-corrected chi connectivity index (χ1v) is 7.61. The molecule has 3 rings (SSSR count). The number of benzene rings is 1. The number of aromatic nitrogens is 2. The summed E-state index contributed by atoms with van der Waals surface area (Å²) in [5.41, 5.74) is 2.29. The lowest BCUT2D eigenvalue weighted by atomic mass is 10.3. The lowest BCUT2D eigenvalue weighted by molar-refractivity contribution is 0.251. The molecule has 4 heteroatoms. The average Bonchev–Trinajstić information content (AvgIpc) is 3.09. The first kappa shape index (κ1) is 13.6.